The zero-order valence-corrected chi connectivity index (χ0v) is 12.9. The molecule has 0 aliphatic carbocycles. The van der Waals surface area contributed by atoms with E-state index in [2.05, 4.69) is 10.2 Å². The number of rotatable bonds is 5. The second-order valence-electron chi connectivity index (χ2n) is 5.17. The molecule has 0 bridgehead atoms. The smallest absolute Gasteiger partial charge is 0.238 e. The normalized spacial score (nSPS) is 16.9. The highest BCUT2D eigenvalue weighted by atomic mass is 32.2. The minimum absolute atomic E-state index is 0.209. The van der Waals surface area contributed by atoms with Gasteiger partial charge in [-0.3, -0.25) is 4.90 Å². The standard InChI is InChI=1S/C13H21FN4O2S/c1-17(8-9-18-6-4-16-5-7-18)13-3-2-11(10-12(13)14)21(15,19)20/h2-3,10,16H,4-9H2,1H3,(H2,15,19,20). The van der Waals surface area contributed by atoms with E-state index < -0.39 is 15.8 Å². The molecule has 3 N–H and O–H groups in total. The van der Waals surface area contributed by atoms with Gasteiger partial charge in [-0.15, -0.1) is 0 Å². The average Bonchev–Trinajstić information content (AvgIpc) is 2.45. The lowest BCUT2D eigenvalue weighted by Crippen LogP contribution is -2.46. The molecule has 1 fully saturated rings. The second-order valence-corrected chi connectivity index (χ2v) is 6.73. The number of nitrogens with two attached hydrogens (primary N) is 1. The van der Waals surface area contributed by atoms with Crippen LogP contribution in [0.4, 0.5) is 10.1 Å². The van der Waals surface area contributed by atoms with Gasteiger partial charge in [0.25, 0.3) is 0 Å². The molecule has 1 aliphatic heterocycles. The largest absolute Gasteiger partial charge is 0.371 e. The zero-order valence-electron chi connectivity index (χ0n) is 12.0. The number of benzene rings is 1. The third-order valence-electron chi connectivity index (χ3n) is 3.62. The average molecular weight is 316 g/mol. The predicted molar refractivity (Wildman–Crippen MR) is 80.4 cm³/mol. The number of piperazine rings is 1. The topological polar surface area (TPSA) is 78.7 Å². The van der Waals surface area contributed by atoms with Gasteiger partial charge in [-0.05, 0) is 18.2 Å². The Bertz CT molecular complexity index is 588. The molecule has 1 saturated heterocycles. The van der Waals surface area contributed by atoms with Gasteiger partial charge in [-0.2, -0.15) is 0 Å². The summed E-state index contributed by atoms with van der Waals surface area (Å²) in [6, 6.07) is 3.74. The molecule has 1 aromatic rings. The van der Waals surface area contributed by atoms with Gasteiger partial charge in [0.15, 0.2) is 0 Å². The van der Waals surface area contributed by atoms with Crippen molar-refractivity contribution in [3.63, 3.8) is 0 Å². The van der Waals surface area contributed by atoms with Crippen molar-refractivity contribution in [1.82, 2.24) is 10.2 Å². The molecule has 0 amide bonds. The first kappa shape index (κ1) is 16.2. The Hall–Kier alpha value is -1.22. The van der Waals surface area contributed by atoms with Gasteiger partial charge in [0.2, 0.25) is 10.0 Å². The first-order valence-electron chi connectivity index (χ1n) is 6.84. The molecule has 0 saturated carbocycles. The van der Waals surface area contributed by atoms with E-state index in [0.29, 0.717) is 12.2 Å². The molecular weight excluding hydrogens is 295 g/mol. The fourth-order valence-corrected chi connectivity index (χ4v) is 2.85. The molecule has 6 nitrogen and oxygen atoms in total. The van der Waals surface area contributed by atoms with Crippen molar-refractivity contribution < 1.29 is 12.8 Å². The van der Waals surface area contributed by atoms with Crippen molar-refractivity contribution in [2.24, 2.45) is 5.14 Å². The van der Waals surface area contributed by atoms with E-state index >= 15 is 0 Å². The summed E-state index contributed by atoms with van der Waals surface area (Å²) in [6.07, 6.45) is 0. The van der Waals surface area contributed by atoms with Gasteiger partial charge >= 0.3 is 0 Å². The number of likely N-dealkylation sites (N-methyl/N-ethyl adjacent to an activating group) is 1. The highest BCUT2D eigenvalue weighted by Gasteiger charge is 2.15. The van der Waals surface area contributed by atoms with Crippen LogP contribution in [-0.2, 0) is 10.0 Å². The first-order chi connectivity index (χ1) is 9.88. The van der Waals surface area contributed by atoms with Gasteiger partial charge in [0.1, 0.15) is 5.82 Å². The van der Waals surface area contributed by atoms with E-state index in [-0.39, 0.29) is 4.90 Å². The zero-order chi connectivity index (χ0) is 15.5. The van der Waals surface area contributed by atoms with Crippen molar-refractivity contribution in [2.45, 2.75) is 4.90 Å². The SMILES string of the molecule is CN(CCN1CCNCC1)c1ccc(S(N)(=O)=O)cc1F. The summed E-state index contributed by atoms with van der Waals surface area (Å²) in [5.41, 5.74) is 0.373. The number of hydrogen-bond acceptors (Lipinski definition) is 5. The van der Waals surface area contributed by atoms with Crippen LogP contribution < -0.4 is 15.4 Å². The molecule has 0 unspecified atom stereocenters. The van der Waals surface area contributed by atoms with Crippen molar-refractivity contribution in [1.29, 1.82) is 0 Å². The number of halogens is 1. The van der Waals surface area contributed by atoms with Crippen LogP contribution in [0.15, 0.2) is 23.1 Å². The quantitative estimate of drug-likeness (QED) is 0.787. The summed E-state index contributed by atoms with van der Waals surface area (Å²) in [5.74, 6) is -0.579. The molecule has 2 rings (SSSR count). The Balaban J connectivity index is 2.00. The Kier molecular flexibility index (Phi) is 5.15. The van der Waals surface area contributed by atoms with Gasteiger partial charge in [0, 0.05) is 46.3 Å². The Morgan fingerprint density at radius 1 is 1.38 bits per heavy atom. The maximum absolute atomic E-state index is 14.0. The number of primary sulfonamides is 1. The van der Waals surface area contributed by atoms with Crippen LogP contribution >= 0.6 is 0 Å². The van der Waals surface area contributed by atoms with Gasteiger partial charge in [-0.1, -0.05) is 0 Å². The first-order valence-corrected chi connectivity index (χ1v) is 8.39. The second kappa shape index (κ2) is 6.69. The predicted octanol–water partition coefficient (Wildman–Crippen LogP) is -0.185. The number of sulfonamides is 1. The molecule has 1 aromatic carbocycles. The van der Waals surface area contributed by atoms with E-state index in [0.717, 1.165) is 38.8 Å². The van der Waals surface area contributed by atoms with Crippen molar-refractivity contribution >= 4 is 15.7 Å². The van der Waals surface area contributed by atoms with Crippen molar-refractivity contribution in [3.8, 4) is 0 Å². The van der Waals surface area contributed by atoms with Crippen LogP contribution in [0.5, 0.6) is 0 Å². The summed E-state index contributed by atoms with van der Waals surface area (Å²) in [4.78, 5) is 3.88. The Labute approximate surface area is 124 Å². The molecule has 0 radical (unpaired) electrons. The lowest BCUT2D eigenvalue weighted by molar-refractivity contribution is 0.246. The van der Waals surface area contributed by atoms with E-state index in [1.54, 1.807) is 11.9 Å². The highest BCUT2D eigenvalue weighted by Crippen LogP contribution is 2.21. The van der Waals surface area contributed by atoms with Crippen LogP contribution in [-0.4, -0.2) is 59.6 Å². The molecule has 0 atom stereocenters. The number of nitrogens with zero attached hydrogens (tertiary/aromatic N) is 2. The number of hydrogen-bond donors (Lipinski definition) is 2. The van der Waals surface area contributed by atoms with Crippen LogP contribution in [0.2, 0.25) is 0 Å². The molecule has 0 aromatic heterocycles. The molecule has 0 spiro atoms. The van der Waals surface area contributed by atoms with Crippen LogP contribution in [0.1, 0.15) is 0 Å². The van der Waals surface area contributed by atoms with E-state index in [4.69, 9.17) is 5.14 Å². The third-order valence-corrected chi connectivity index (χ3v) is 4.53. The minimum Gasteiger partial charge on any atom is -0.371 e. The summed E-state index contributed by atoms with van der Waals surface area (Å²) in [5, 5.41) is 8.27. The maximum atomic E-state index is 14.0. The van der Waals surface area contributed by atoms with E-state index in [1.165, 1.54) is 12.1 Å². The molecule has 8 heteroatoms. The molecule has 1 aliphatic rings. The minimum atomic E-state index is -3.87. The molecular formula is C13H21FN4O2S. The lowest BCUT2D eigenvalue weighted by atomic mass is 10.2. The maximum Gasteiger partial charge on any atom is 0.238 e. The van der Waals surface area contributed by atoms with Gasteiger partial charge < -0.3 is 10.2 Å². The van der Waals surface area contributed by atoms with Crippen molar-refractivity contribution in [2.75, 3.05) is 51.2 Å². The van der Waals surface area contributed by atoms with Crippen molar-refractivity contribution in [3.05, 3.63) is 24.0 Å². The summed E-state index contributed by atoms with van der Waals surface area (Å²) < 4.78 is 36.4. The Morgan fingerprint density at radius 3 is 2.62 bits per heavy atom. The summed E-state index contributed by atoms with van der Waals surface area (Å²) in [6.45, 7) is 5.43. The molecule has 21 heavy (non-hydrogen) atoms. The van der Waals surface area contributed by atoms with Crippen LogP contribution in [0.25, 0.3) is 0 Å². The van der Waals surface area contributed by atoms with Gasteiger partial charge in [0.05, 0.1) is 10.6 Å². The Morgan fingerprint density at radius 2 is 2.05 bits per heavy atom. The molecule has 118 valence electrons. The highest BCUT2D eigenvalue weighted by molar-refractivity contribution is 7.89. The summed E-state index contributed by atoms with van der Waals surface area (Å²) in [7, 11) is -2.08. The van der Waals surface area contributed by atoms with E-state index in [9.17, 15) is 12.8 Å². The summed E-state index contributed by atoms with van der Waals surface area (Å²) >= 11 is 0. The van der Waals surface area contributed by atoms with Crippen LogP contribution in [0, 0.1) is 5.82 Å². The van der Waals surface area contributed by atoms with Gasteiger partial charge in [-0.25, -0.2) is 17.9 Å². The fourth-order valence-electron chi connectivity index (χ4n) is 2.32. The molecule has 1 heterocycles. The third kappa shape index (κ3) is 4.37. The monoisotopic (exact) mass is 316 g/mol. The number of nitrogens with one attached hydrogen (secondary N) is 1. The van der Waals surface area contributed by atoms with E-state index in [1.807, 2.05) is 0 Å². The fraction of sp³-hybridized carbons (Fsp3) is 0.538. The van der Waals surface area contributed by atoms with Crippen LogP contribution in [0.3, 0.4) is 0 Å². The lowest BCUT2D eigenvalue weighted by Gasteiger charge is -2.29. The number of anilines is 1.